The molecule has 0 heterocycles. The summed E-state index contributed by atoms with van der Waals surface area (Å²) in [6, 6.07) is 22.6. The zero-order valence-electron chi connectivity index (χ0n) is 33.0. The van der Waals surface area contributed by atoms with Gasteiger partial charge in [-0.15, -0.1) is 0 Å². The Morgan fingerprint density at radius 2 is 0.759 bits per heavy atom. The van der Waals surface area contributed by atoms with Crippen LogP contribution in [0.15, 0.2) is 72.8 Å². The van der Waals surface area contributed by atoms with Gasteiger partial charge in [-0.2, -0.15) is 0 Å². The van der Waals surface area contributed by atoms with Crippen molar-refractivity contribution in [2.24, 2.45) is 0 Å². The van der Waals surface area contributed by atoms with Crippen LogP contribution in [0.2, 0.25) is 0 Å². The van der Waals surface area contributed by atoms with Crippen LogP contribution in [0.25, 0.3) is 0 Å². The zero-order valence-corrected chi connectivity index (χ0v) is 33.0. The quantitative estimate of drug-likeness (QED) is 0.0526. The van der Waals surface area contributed by atoms with Gasteiger partial charge in [0.25, 0.3) is 0 Å². The van der Waals surface area contributed by atoms with Crippen LogP contribution in [-0.4, -0.2) is 89.1 Å². The molecule has 0 spiro atoms. The summed E-state index contributed by atoms with van der Waals surface area (Å²) in [6.45, 7) is 5.59. The highest BCUT2D eigenvalue weighted by Crippen LogP contribution is 2.12. The van der Waals surface area contributed by atoms with Crippen LogP contribution < -0.4 is 0 Å². The largest absolute Gasteiger partial charge is 0.465 e. The maximum absolute atomic E-state index is 11.2. The lowest BCUT2D eigenvalue weighted by molar-refractivity contribution is 0.0592. The van der Waals surface area contributed by atoms with Gasteiger partial charge < -0.3 is 33.9 Å². The normalized spacial score (nSPS) is 10.3. The van der Waals surface area contributed by atoms with Crippen molar-refractivity contribution in [3.63, 3.8) is 0 Å². The van der Waals surface area contributed by atoms with Crippen molar-refractivity contribution in [2.45, 2.75) is 90.4 Å². The molecule has 0 atom stereocenters. The summed E-state index contributed by atoms with van der Waals surface area (Å²) in [6.07, 6.45) is 13.4. The highest BCUT2D eigenvalue weighted by Gasteiger charge is 2.06. The van der Waals surface area contributed by atoms with Crippen LogP contribution in [0.5, 0.6) is 0 Å². The van der Waals surface area contributed by atoms with Crippen LogP contribution >= 0.6 is 0 Å². The smallest absolute Gasteiger partial charge is 0.337 e. The number of hydrogen-bond acceptors (Lipinski definition) is 10. The molecule has 0 aliphatic carbocycles. The number of carbonyl (C=O) groups excluding carboxylic acids is 3. The van der Waals surface area contributed by atoms with E-state index in [0.717, 1.165) is 77.4 Å². The molecule has 0 saturated carbocycles. The second kappa shape index (κ2) is 32.3. The molecule has 0 saturated heterocycles. The van der Waals surface area contributed by atoms with E-state index in [4.69, 9.17) is 19.7 Å². The lowest BCUT2D eigenvalue weighted by Gasteiger charge is -2.04. The van der Waals surface area contributed by atoms with Gasteiger partial charge in [0.1, 0.15) is 0 Å². The van der Waals surface area contributed by atoms with E-state index < -0.39 is 0 Å². The second-order valence-electron chi connectivity index (χ2n) is 12.7. The number of rotatable bonds is 24. The van der Waals surface area contributed by atoms with Crippen molar-refractivity contribution in [1.29, 1.82) is 0 Å². The van der Waals surface area contributed by atoms with E-state index in [1.807, 2.05) is 60.7 Å². The van der Waals surface area contributed by atoms with Crippen LogP contribution in [0, 0.1) is 0 Å². The van der Waals surface area contributed by atoms with Crippen molar-refractivity contribution in [3.8, 4) is 0 Å². The first-order valence-corrected chi connectivity index (χ1v) is 19.2. The molecule has 3 aromatic carbocycles. The fraction of sp³-hybridized carbons (Fsp3) is 0.523. The summed E-state index contributed by atoms with van der Waals surface area (Å²) < 4.78 is 24.7. The van der Waals surface area contributed by atoms with Gasteiger partial charge in [-0.3, -0.25) is 0 Å². The SMILES string of the molecule is CCCOCCCCc1ccc(C(=O)OC)cc1.COC(=O)c1ccc(CCCCCCCO)cc1.COC(=O)c1ccc(CCCOCCCO)cc1. The first-order valence-electron chi connectivity index (χ1n) is 19.2. The fourth-order valence-electron chi connectivity index (χ4n) is 5.17. The van der Waals surface area contributed by atoms with Crippen LogP contribution in [0.4, 0.5) is 0 Å². The van der Waals surface area contributed by atoms with E-state index in [1.54, 1.807) is 12.1 Å². The average Bonchev–Trinajstić information content (AvgIpc) is 3.22. The average molecular weight is 753 g/mol. The number of unbranched alkanes of at least 4 members (excludes halogenated alkanes) is 5. The lowest BCUT2D eigenvalue weighted by atomic mass is 10.0. The summed E-state index contributed by atoms with van der Waals surface area (Å²) in [4.78, 5) is 33.7. The number of aryl methyl sites for hydroxylation is 3. The predicted octanol–water partition coefficient (Wildman–Crippen LogP) is 7.99. The molecule has 2 N–H and O–H groups in total. The second-order valence-corrected chi connectivity index (χ2v) is 12.7. The Balaban J connectivity index is 0.000000405. The summed E-state index contributed by atoms with van der Waals surface area (Å²) in [5.74, 6) is -0.881. The molecule has 54 heavy (non-hydrogen) atoms. The van der Waals surface area contributed by atoms with E-state index in [1.165, 1.54) is 50.9 Å². The van der Waals surface area contributed by atoms with Gasteiger partial charge in [-0.05, 0) is 117 Å². The summed E-state index contributed by atoms with van der Waals surface area (Å²) in [7, 11) is 4.16. The Labute approximate surface area is 323 Å². The predicted molar refractivity (Wildman–Crippen MR) is 212 cm³/mol. The first-order chi connectivity index (χ1) is 26.3. The molecule has 0 radical (unpaired) electrons. The van der Waals surface area contributed by atoms with Gasteiger partial charge in [0.2, 0.25) is 0 Å². The van der Waals surface area contributed by atoms with Crippen molar-refractivity contribution in [3.05, 3.63) is 106 Å². The molecule has 0 bridgehead atoms. The molecule has 0 unspecified atom stereocenters. The molecule has 0 fully saturated rings. The minimum absolute atomic E-state index is 0.176. The Morgan fingerprint density at radius 1 is 0.426 bits per heavy atom. The van der Waals surface area contributed by atoms with Crippen LogP contribution in [0.3, 0.4) is 0 Å². The zero-order chi connectivity index (χ0) is 39.7. The van der Waals surface area contributed by atoms with E-state index in [9.17, 15) is 14.4 Å². The van der Waals surface area contributed by atoms with Gasteiger partial charge in [0.15, 0.2) is 0 Å². The summed E-state index contributed by atoms with van der Waals surface area (Å²) >= 11 is 0. The lowest BCUT2D eigenvalue weighted by Crippen LogP contribution is -2.02. The Morgan fingerprint density at radius 3 is 1.17 bits per heavy atom. The number of benzene rings is 3. The molecule has 3 aromatic rings. The number of carbonyl (C=O) groups is 3. The minimum atomic E-state index is -0.311. The van der Waals surface area contributed by atoms with E-state index in [2.05, 4.69) is 21.1 Å². The van der Waals surface area contributed by atoms with Crippen molar-refractivity contribution in [2.75, 3.05) is 61.0 Å². The van der Waals surface area contributed by atoms with Gasteiger partial charge in [0.05, 0.1) is 38.0 Å². The highest BCUT2D eigenvalue weighted by molar-refractivity contribution is 5.90. The molecule has 10 heteroatoms. The maximum Gasteiger partial charge on any atom is 0.337 e. The Kier molecular flexibility index (Phi) is 28.7. The van der Waals surface area contributed by atoms with E-state index >= 15 is 0 Å². The number of hydrogen-bond donors (Lipinski definition) is 2. The van der Waals surface area contributed by atoms with Crippen LogP contribution in [0.1, 0.15) is 119 Å². The molecule has 3 rings (SSSR count). The standard InChI is InChI=1S/2C15H22O3.C14H20O4/c1-18-15(17)14-10-8-13(9-11-14)7-5-3-2-4-6-12-16;1-3-11-18-12-5-4-6-13-7-9-14(10-8-13)15(16)17-2;1-17-14(16)13-7-5-12(6-8-13)4-2-10-18-11-3-9-15/h8-11,16H,2-7,12H2,1H3;7-10H,3-6,11-12H2,1-2H3;5-8,15H,2-4,9-11H2,1H3. The third kappa shape index (κ3) is 22.9. The topological polar surface area (TPSA) is 138 Å². The first kappa shape index (κ1) is 47.9. The third-order valence-electron chi connectivity index (χ3n) is 8.30. The summed E-state index contributed by atoms with van der Waals surface area (Å²) in [5.41, 5.74) is 5.45. The monoisotopic (exact) mass is 752 g/mol. The molecular weight excluding hydrogens is 688 g/mol. The molecule has 300 valence electrons. The van der Waals surface area contributed by atoms with Crippen molar-refractivity contribution >= 4 is 17.9 Å². The van der Waals surface area contributed by atoms with Crippen molar-refractivity contribution < 1.29 is 48.3 Å². The molecule has 0 aliphatic rings. The summed E-state index contributed by atoms with van der Waals surface area (Å²) in [5, 5.41) is 17.2. The molecule has 0 amide bonds. The molecule has 0 aromatic heterocycles. The minimum Gasteiger partial charge on any atom is -0.465 e. The number of ether oxygens (including phenoxy) is 5. The maximum atomic E-state index is 11.2. The van der Waals surface area contributed by atoms with Crippen LogP contribution in [-0.2, 0) is 42.9 Å². The Hall–Kier alpha value is -4.09. The molecule has 10 nitrogen and oxygen atoms in total. The molecular formula is C44H64O10. The van der Waals surface area contributed by atoms with E-state index in [0.29, 0.717) is 42.9 Å². The van der Waals surface area contributed by atoms with Gasteiger partial charge in [-0.25, -0.2) is 14.4 Å². The molecule has 0 aliphatic heterocycles. The number of aliphatic hydroxyl groups excluding tert-OH is 2. The third-order valence-corrected chi connectivity index (χ3v) is 8.30. The van der Waals surface area contributed by atoms with E-state index in [-0.39, 0.29) is 24.5 Å². The highest BCUT2D eigenvalue weighted by atomic mass is 16.5. The Bertz CT molecular complexity index is 1200. The van der Waals surface area contributed by atoms with Gasteiger partial charge >= 0.3 is 17.9 Å². The fourth-order valence-corrected chi connectivity index (χ4v) is 5.17. The number of esters is 3. The number of aliphatic hydroxyl groups is 2. The van der Waals surface area contributed by atoms with Gasteiger partial charge in [0, 0.05) is 39.6 Å². The van der Waals surface area contributed by atoms with Crippen molar-refractivity contribution in [1.82, 2.24) is 0 Å². The van der Waals surface area contributed by atoms with Gasteiger partial charge in [-0.1, -0.05) is 62.6 Å². The number of methoxy groups -OCH3 is 3.